The molecule has 3 aromatic heterocycles. The van der Waals surface area contributed by atoms with Crippen molar-refractivity contribution in [1.82, 2.24) is 19.4 Å². The van der Waals surface area contributed by atoms with Crippen molar-refractivity contribution in [1.29, 1.82) is 0 Å². The number of hydrogen-bond donors (Lipinski definition) is 1. The van der Waals surface area contributed by atoms with Crippen LogP contribution in [0, 0.1) is 0 Å². The lowest BCUT2D eigenvalue weighted by atomic mass is 10.1. The zero-order chi connectivity index (χ0) is 16.1. The first-order valence-corrected chi connectivity index (χ1v) is 7.64. The first-order chi connectivity index (χ1) is 11.8. The number of fused-ring (bicyclic) bond motifs is 5. The van der Waals surface area contributed by atoms with E-state index in [-0.39, 0.29) is 5.56 Å². The minimum Gasteiger partial charge on any atom is -0.317 e. The summed E-state index contributed by atoms with van der Waals surface area (Å²) in [5.41, 5.74) is 3.07. The van der Waals surface area contributed by atoms with Crippen LogP contribution in [0.4, 0.5) is 0 Å². The first-order valence-electron chi connectivity index (χ1n) is 7.64. The van der Waals surface area contributed by atoms with Crippen LogP contribution in [-0.2, 0) is 0 Å². The molecule has 5 aromatic rings. The molecule has 2 aromatic carbocycles. The summed E-state index contributed by atoms with van der Waals surface area (Å²) in [7, 11) is 0. The van der Waals surface area contributed by atoms with Gasteiger partial charge in [-0.05, 0) is 29.2 Å². The molecule has 24 heavy (non-hydrogen) atoms. The van der Waals surface area contributed by atoms with Gasteiger partial charge in [0.25, 0.3) is 5.56 Å². The van der Waals surface area contributed by atoms with Gasteiger partial charge >= 0.3 is 0 Å². The van der Waals surface area contributed by atoms with E-state index < -0.39 is 0 Å². The van der Waals surface area contributed by atoms with Crippen molar-refractivity contribution in [2.45, 2.75) is 0 Å². The van der Waals surface area contributed by atoms with Crippen LogP contribution in [0.15, 0.2) is 66.0 Å². The van der Waals surface area contributed by atoms with Crippen molar-refractivity contribution in [2.75, 3.05) is 0 Å². The first kappa shape index (κ1) is 13.0. The van der Waals surface area contributed by atoms with Gasteiger partial charge in [-0.1, -0.05) is 24.3 Å². The van der Waals surface area contributed by atoms with Crippen LogP contribution in [0.5, 0.6) is 0 Å². The van der Waals surface area contributed by atoms with Crippen LogP contribution < -0.4 is 10.8 Å². The molecule has 0 aliphatic rings. The maximum absolute atomic E-state index is 12.3. The lowest BCUT2D eigenvalue weighted by Gasteiger charge is -1.98. The van der Waals surface area contributed by atoms with E-state index in [1.54, 1.807) is 18.6 Å². The lowest BCUT2D eigenvalue weighted by molar-refractivity contribution is 1.17. The molecule has 0 unspecified atom stereocenters. The van der Waals surface area contributed by atoms with Gasteiger partial charge in [0.05, 0.1) is 11.0 Å². The Morgan fingerprint density at radius 2 is 1.79 bits per heavy atom. The number of hydrogen-bond acceptors (Lipinski definition) is 3. The molecule has 0 spiro atoms. The van der Waals surface area contributed by atoms with Crippen molar-refractivity contribution in [3.63, 3.8) is 0 Å². The van der Waals surface area contributed by atoms with Crippen molar-refractivity contribution >= 4 is 33.5 Å². The van der Waals surface area contributed by atoms with E-state index in [9.17, 15) is 4.79 Å². The SMILES string of the molecule is O=c1[nH]c2c3ccccc3c(=Cc3ccncc3)c2n2ccnc12. The number of H-pyrrole nitrogens is 1. The van der Waals surface area contributed by atoms with Crippen molar-refractivity contribution < 1.29 is 0 Å². The molecule has 3 heterocycles. The zero-order valence-electron chi connectivity index (χ0n) is 12.6. The Hall–Kier alpha value is -3.47. The zero-order valence-corrected chi connectivity index (χ0v) is 12.6. The minimum atomic E-state index is -0.182. The summed E-state index contributed by atoms with van der Waals surface area (Å²) >= 11 is 0. The molecule has 0 saturated heterocycles. The topological polar surface area (TPSA) is 63.0 Å². The molecular formula is C19H12N4O. The van der Waals surface area contributed by atoms with Gasteiger partial charge in [-0.25, -0.2) is 4.98 Å². The second kappa shape index (κ2) is 4.76. The summed E-state index contributed by atoms with van der Waals surface area (Å²) in [6.07, 6.45) is 9.14. The Labute approximate surface area is 135 Å². The maximum atomic E-state index is 12.3. The number of aromatic nitrogens is 4. The summed E-state index contributed by atoms with van der Waals surface area (Å²) in [5, 5.41) is 3.19. The summed E-state index contributed by atoms with van der Waals surface area (Å²) < 4.78 is 1.86. The highest BCUT2D eigenvalue weighted by molar-refractivity contribution is 6.10. The van der Waals surface area contributed by atoms with Crippen LogP contribution in [0.3, 0.4) is 0 Å². The van der Waals surface area contributed by atoms with Crippen LogP contribution >= 0.6 is 0 Å². The van der Waals surface area contributed by atoms with Gasteiger partial charge in [0.2, 0.25) is 5.65 Å². The van der Waals surface area contributed by atoms with Crippen molar-refractivity contribution in [3.8, 4) is 0 Å². The molecule has 0 saturated carbocycles. The van der Waals surface area contributed by atoms with Crippen LogP contribution in [0.2, 0.25) is 0 Å². The molecule has 0 atom stereocenters. The third-order valence-corrected chi connectivity index (χ3v) is 4.32. The molecule has 5 rings (SSSR count). The van der Waals surface area contributed by atoms with E-state index in [2.05, 4.69) is 27.1 Å². The van der Waals surface area contributed by atoms with Gasteiger partial charge in [0.15, 0.2) is 0 Å². The van der Waals surface area contributed by atoms with Crippen LogP contribution in [0.1, 0.15) is 5.56 Å². The standard InChI is InChI=1S/C19H12N4O/c24-19-18-21-9-10-23(18)17-15(11-12-5-7-20-8-6-12)13-3-1-2-4-14(13)16(17)22-19/h1-11H,(H,22,24). The Morgan fingerprint density at radius 1 is 1.00 bits per heavy atom. The van der Waals surface area contributed by atoms with Crippen LogP contribution in [-0.4, -0.2) is 19.4 Å². The van der Waals surface area contributed by atoms with Gasteiger partial charge in [-0.15, -0.1) is 0 Å². The van der Waals surface area contributed by atoms with Gasteiger partial charge in [0.1, 0.15) is 0 Å². The number of aromatic amines is 1. The van der Waals surface area contributed by atoms with E-state index in [0.29, 0.717) is 5.65 Å². The van der Waals surface area contributed by atoms with Crippen LogP contribution in [0.25, 0.3) is 33.5 Å². The summed E-state index contributed by atoms with van der Waals surface area (Å²) in [4.78, 5) is 23.6. The van der Waals surface area contributed by atoms with Crippen molar-refractivity contribution in [3.05, 3.63) is 82.3 Å². The van der Waals surface area contributed by atoms with E-state index in [0.717, 1.165) is 32.6 Å². The highest BCUT2D eigenvalue weighted by Gasteiger charge is 2.13. The largest absolute Gasteiger partial charge is 0.317 e. The molecular weight excluding hydrogens is 300 g/mol. The predicted molar refractivity (Wildman–Crippen MR) is 93.8 cm³/mol. The lowest BCUT2D eigenvalue weighted by Crippen LogP contribution is -2.13. The number of imidazole rings is 1. The number of nitrogens with one attached hydrogen (secondary N) is 1. The summed E-state index contributed by atoms with van der Waals surface area (Å²) in [6.45, 7) is 0. The third-order valence-electron chi connectivity index (χ3n) is 4.32. The maximum Gasteiger partial charge on any atom is 0.292 e. The normalized spacial score (nSPS) is 12.6. The highest BCUT2D eigenvalue weighted by Crippen LogP contribution is 2.22. The van der Waals surface area contributed by atoms with E-state index >= 15 is 0 Å². The fourth-order valence-corrected chi connectivity index (χ4v) is 3.30. The van der Waals surface area contributed by atoms with Gasteiger partial charge in [-0.3, -0.25) is 14.2 Å². The molecule has 0 aliphatic carbocycles. The fraction of sp³-hybridized carbons (Fsp3) is 0. The Bertz CT molecular complexity index is 1320. The van der Waals surface area contributed by atoms with E-state index in [4.69, 9.17) is 0 Å². The number of rotatable bonds is 1. The second-order valence-corrected chi connectivity index (χ2v) is 5.68. The molecule has 0 aliphatic heterocycles. The molecule has 0 fully saturated rings. The average Bonchev–Trinajstić information content (AvgIpc) is 3.21. The molecule has 0 amide bonds. The smallest absolute Gasteiger partial charge is 0.292 e. The van der Waals surface area contributed by atoms with Gasteiger partial charge in [-0.2, -0.15) is 0 Å². The van der Waals surface area contributed by atoms with E-state index in [1.807, 2.05) is 40.9 Å². The Balaban J connectivity index is 2.10. The number of benzene rings is 1. The molecule has 5 heteroatoms. The molecule has 0 radical (unpaired) electrons. The van der Waals surface area contributed by atoms with E-state index in [1.165, 1.54) is 0 Å². The number of nitrogens with zero attached hydrogens (tertiary/aromatic N) is 3. The highest BCUT2D eigenvalue weighted by atomic mass is 16.1. The average molecular weight is 312 g/mol. The van der Waals surface area contributed by atoms with Crippen molar-refractivity contribution in [2.24, 2.45) is 0 Å². The fourth-order valence-electron chi connectivity index (χ4n) is 3.30. The third kappa shape index (κ3) is 1.72. The molecule has 114 valence electrons. The summed E-state index contributed by atoms with van der Waals surface area (Å²) in [6, 6.07) is 12.0. The number of pyridine rings is 1. The monoisotopic (exact) mass is 312 g/mol. The predicted octanol–water partition coefficient (Wildman–Crippen LogP) is 2.27. The Kier molecular flexibility index (Phi) is 2.58. The summed E-state index contributed by atoms with van der Waals surface area (Å²) in [5.74, 6) is 0. The second-order valence-electron chi connectivity index (χ2n) is 5.68. The Morgan fingerprint density at radius 3 is 2.62 bits per heavy atom. The van der Waals surface area contributed by atoms with Gasteiger partial charge < -0.3 is 4.98 Å². The quantitative estimate of drug-likeness (QED) is 0.516. The van der Waals surface area contributed by atoms with Gasteiger partial charge in [0, 0.05) is 35.4 Å². The molecule has 5 nitrogen and oxygen atoms in total. The molecule has 0 bridgehead atoms. The minimum absolute atomic E-state index is 0.182. The molecule has 1 N–H and O–H groups in total.